The van der Waals surface area contributed by atoms with E-state index in [0.717, 1.165) is 6.08 Å². The van der Waals surface area contributed by atoms with E-state index in [1.54, 1.807) is 19.9 Å². The maximum Gasteiger partial charge on any atom is 0.514 e. The van der Waals surface area contributed by atoms with Crippen LogP contribution in [0.15, 0.2) is 24.5 Å². The molecule has 5 nitrogen and oxygen atoms in total. The van der Waals surface area contributed by atoms with Crippen molar-refractivity contribution >= 4 is 12.1 Å². The summed E-state index contributed by atoms with van der Waals surface area (Å²) in [5.74, 6) is -0.0375. The lowest BCUT2D eigenvalue weighted by atomic mass is 10.1. The van der Waals surface area contributed by atoms with E-state index in [1.807, 2.05) is 0 Å². The van der Waals surface area contributed by atoms with E-state index in [2.05, 4.69) is 6.58 Å². The molecule has 0 radical (unpaired) electrons. The molecule has 88 valence electrons. The fourth-order valence-electron chi connectivity index (χ4n) is 1.19. The fourth-order valence-corrected chi connectivity index (χ4v) is 1.19. The molecule has 0 spiro atoms. The van der Waals surface area contributed by atoms with E-state index in [1.165, 1.54) is 0 Å². The van der Waals surface area contributed by atoms with Gasteiger partial charge in [-0.1, -0.05) is 6.58 Å². The van der Waals surface area contributed by atoms with Gasteiger partial charge in [-0.2, -0.15) is 0 Å². The molecule has 0 aliphatic carbocycles. The molecule has 0 N–H and O–H groups in total. The lowest BCUT2D eigenvalue weighted by Gasteiger charge is -2.13. The highest BCUT2D eigenvalue weighted by molar-refractivity contribution is 5.81. The first-order valence-corrected chi connectivity index (χ1v) is 4.86. The molecule has 0 saturated carbocycles. The van der Waals surface area contributed by atoms with Crippen molar-refractivity contribution in [3.05, 3.63) is 24.5 Å². The third kappa shape index (κ3) is 3.12. The number of hydrogen-bond acceptors (Lipinski definition) is 5. The zero-order valence-electron chi connectivity index (χ0n) is 9.32. The zero-order chi connectivity index (χ0) is 12.2. The number of esters is 1. The van der Waals surface area contributed by atoms with Crippen LogP contribution in [0.3, 0.4) is 0 Å². The minimum atomic E-state index is -0.750. The van der Waals surface area contributed by atoms with Gasteiger partial charge in [0.15, 0.2) is 11.4 Å². The van der Waals surface area contributed by atoms with Crippen molar-refractivity contribution in [1.29, 1.82) is 0 Å². The topological polar surface area (TPSA) is 61.8 Å². The summed E-state index contributed by atoms with van der Waals surface area (Å²) >= 11 is 0. The average Bonchev–Trinajstić information content (AvgIpc) is 2.46. The van der Waals surface area contributed by atoms with Crippen molar-refractivity contribution in [3.63, 3.8) is 0 Å². The molecule has 0 aromatic rings. The Morgan fingerprint density at radius 1 is 1.56 bits per heavy atom. The van der Waals surface area contributed by atoms with Crippen molar-refractivity contribution in [3.8, 4) is 0 Å². The van der Waals surface area contributed by atoms with Crippen molar-refractivity contribution in [2.24, 2.45) is 0 Å². The van der Waals surface area contributed by atoms with Gasteiger partial charge in [0.25, 0.3) is 0 Å². The van der Waals surface area contributed by atoms with E-state index in [9.17, 15) is 9.59 Å². The third-order valence-electron chi connectivity index (χ3n) is 1.98. The summed E-state index contributed by atoms with van der Waals surface area (Å²) in [7, 11) is 0. The molecule has 1 fully saturated rings. The third-order valence-corrected chi connectivity index (χ3v) is 1.98. The SMILES string of the molecule is C=CC(=O)OCC/C=C1\OC(=O)OC1(C)C. The summed E-state index contributed by atoms with van der Waals surface area (Å²) in [5.41, 5.74) is -0.750. The van der Waals surface area contributed by atoms with E-state index in [0.29, 0.717) is 12.2 Å². The van der Waals surface area contributed by atoms with Crippen LogP contribution in [0.4, 0.5) is 4.79 Å². The normalized spacial score (nSPS) is 20.1. The highest BCUT2D eigenvalue weighted by atomic mass is 16.8. The van der Waals surface area contributed by atoms with Gasteiger partial charge in [0.1, 0.15) is 0 Å². The number of hydrogen-bond donors (Lipinski definition) is 0. The van der Waals surface area contributed by atoms with Crippen LogP contribution in [0.25, 0.3) is 0 Å². The van der Waals surface area contributed by atoms with Crippen molar-refractivity contribution in [1.82, 2.24) is 0 Å². The quantitative estimate of drug-likeness (QED) is 0.416. The van der Waals surface area contributed by atoms with Crippen LogP contribution in [0.1, 0.15) is 20.3 Å². The Morgan fingerprint density at radius 2 is 2.25 bits per heavy atom. The van der Waals surface area contributed by atoms with Gasteiger partial charge in [-0.15, -0.1) is 0 Å². The molecule has 0 unspecified atom stereocenters. The number of carbonyl (C=O) groups is 2. The van der Waals surface area contributed by atoms with Crippen LogP contribution in [-0.4, -0.2) is 24.3 Å². The number of cyclic esters (lactones) is 2. The van der Waals surface area contributed by atoms with E-state index >= 15 is 0 Å². The molecule has 5 heteroatoms. The molecule has 0 amide bonds. The first kappa shape index (κ1) is 12.3. The second-order valence-electron chi connectivity index (χ2n) is 3.69. The molecule has 1 rings (SSSR count). The highest BCUT2D eigenvalue weighted by Gasteiger charge is 2.38. The molecule has 0 aromatic heterocycles. The monoisotopic (exact) mass is 226 g/mol. The van der Waals surface area contributed by atoms with E-state index < -0.39 is 17.7 Å². The second kappa shape index (κ2) is 4.83. The Labute approximate surface area is 93.7 Å². The largest absolute Gasteiger partial charge is 0.514 e. The van der Waals surface area contributed by atoms with Gasteiger partial charge < -0.3 is 14.2 Å². The molecule has 0 bridgehead atoms. The molecule has 0 aromatic carbocycles. The lowest BCUT2D eigenvalue weighted by Crippen LogP contribution is -2.20. The predicted octanol–water partition coefficient (Wildman–Crippen LogP) is 1.93. The highest BCUT2D eigenvalue weighted by Crippen LogP contribution is 2.29. The Morgan fingerprint density at radius 3 is 2.75 bits per heavy atom. The minimum absolute atomic E-state index is 0.210. The van der Waals surface area contributed by atoms with Gasteiger partial charge in [0, 0.05) is 12.5 Å². The minimum Gasteiger partial charge on any atom is -0.462 e. The summed E-state index contributed by atoms with van der Waals surface area (Å²) in [6.45, 7) is 6.92. The van der Waals surface area contributed by atoms with Crippen LogP contribution in [0, 0.1) is 0 Å². The summed E-state index contributed by atoms with van der Waals surface area (Å²) < 4.78 is 14.5. The lowest BCUT2D eigenvalue weighted by molar-refractivity contribution is -0.137. The zero-order valence-corrected chi connectivity index (χ0v) is 9.32. The second-order valence-corrected chi connectivity index (χ2v) is 3.69. The first-order chi connectivity index (χ1) is 7.45. The summed E-state index contributed by atoms with van der Waals surface area (Å²) in [5, 5.41) is 0. The van der Waals surface area contributed by atoms with Crippen LogP contribution >= 0.6 is 0 Å². The molecular weight excluding hydrogens is 212 g/mol. The Kier molecular flexibility index (Phi) is 3.71. The van der Waals surface area contributed by atoms with E-state index in [4.69, 9.17) is 14.2 Å². The fraction of sp³-hybridized carbons (Fsp3) is 0.455. The first-order valence-electron chi connectivity index (χ1n) is 4.86. The van der Waals surface area contributed by atoms with Gasteiger partial charge in [-0.3, -0.25) is 0 Å². The summed E-state index contributed by atoms with van der Waals surface area (Å²) in [6, 6.07) is 0. The van der Waals surface area contributed by atoms with Gasteiger partial charge in [-0.05, 0) is 19.9 Å². The van der Waals surface area contributed by atoms with Crippen molar-refractivity contribution < 1.29 is 23.8 Å². The Bertz CT molecular complexity index is 340. The number of ether oxygens (including phenoxy) is 3. The van der Waals surface area contributed by atoms with Crippen molar-refractivity contribution in [2.45, 2.75) is 25.9 Å². The Hall–Kier alpha value is -1.78. The molecule has 1 aliphatic heterocycles. The number of rotatable bonds is 4. The van der Waals surface area contributed by atoms with Crippen molar-refractivity contribution in [2.75, 3.05) is 6.61 Å². The maximum atomic E-state index is 10.9. The summed E-state index contributed by atoms with van der Waals surface area (Å²) in [6.07, 6.45) is 2.51. The van der Waals surface area contributed by atoms with Gasteiger partial charge in [0.2, 0.25) is 0 Å². The molecule has 1 heterocycles. The smallest absolute Gasteiger partial charge is 0.462 e. The van der Waals surface area contributed by atoms with Gasteiger partial charge in [0.05, 0.1) is 6.61 Å². The molecule has 16 heavy (non-hydrogen) atoms. The summed E-state index contributed by atoms with van der Waals surface area (Å²) in [4.78, 5) is 21.6. The molecule has 1 aliphatic rings. The van der Waals surface area contributed by atoms with Crippen LogP contribution < -0.4 is 0 Å². The standard InChI is InChI=1S/C11H14O5/c1-4-9(12)14-7-5-6-8-11(2,3)16-10(13)15-8/h4,6H,1,5,7H2,2-3H3/b8-6-. The van der Waals surface area contributed by atoms with Gasteiger partial charge in [-0.25, -0.2) is 9.59 Å². The van der Waals surface area contributed by atoms with Crippen LogP contribution in [-0.2, 0) is 19.0 Å². The predicted molar refractivity (Wildman–Crippen MR) is 55.5 cm³/mol. The Balaban J connectivity index is 2.43. The van der Waals surface area contributed by atoms with Gasteiger partial charge >= 0.3 is 12.1 Å². The molecular formula is C11H14O5. The van der Waals surface area contributed by atoms with E-state index in [-0.39, 0.29) is 6.61 Å². The molecule has 0 atom stereocenters. The average molecular weight is 226 g/mol. The van der Waals surface area contributed by atoms with Crippen LogP contribution in [0.2, 0.25) is 0 Å². The number of carbonyl (C=O) groups excluding carboxylic acids is 2. The van der Waals surface area contributed by atoms with Crippen LogP contribution in [0.5, 0.6) is 0 Å². The molecule has 1 saturated heterocycles. The maximum absolute atomic E-state index is 10.9.